The van der Waals surface area contributed by atoms with Gasteiger partial charge >= 0.3 is 0 Å². The van der Waals surface area contributed by atoms with E-state index in [1.54, 1.807) is 0 Å². The van der Waals surface area contributed by atoms with E-state index in [1.165, 1.54) is 0 Å². The van der Waals surface area contributed by atoms with Crippen molar-refractivity contribution in [2.45, 2.75) is 45.6 Å². The molecule has 0 atom stereocenters. The van der Waals surface area contributed by atoms with Crippen LogP contribution in [0, 0.1) is 5.92 Å². The molecule has 1 aliphatic heterocycles. The van der Waals surface area contributed by atoms with Crippen molar-refractivity contribution in [3.8, 4) is 0 Å². The van der Waals surface area contributed by atoms with Crippen molar-refractivity contribution in [1.82, 2.24) is 4.90 Å². The SMILES string of the molecule is CCCC1(N)CN(C(=O)CC(C)C)C1. The van der Waals surface area contributed by atoms with Gasteiger partial charge in [0.25, 0.3) is 0 Å². The van der Waals surface area contributed by atoms with E-state index in [2.05, 4.69) is 20.8 Å². The van der Waals surface area contributed by atoms with Crippen molar-refractivity contribution in [3.63, 3.8) is 0 Å². The zero-order valence-corrected chi connectivity index (χ0v) is 9.55. The second-order valence-corrected chi connectivity index (χ2v) is 4.96. The van der Waals surface area contributed by atoms with Crippen LogP contribution in [-0.2, 0) is 4.79 Å². The van der Waals surface area contributed by atoms with Crippen molar-refractivity contribution in [1.29, 1.82) is 0 Å². The van der Waals surface area contributed by atoms with E-state index < -0.39 is 0 Å². The molecule has 0 aliphatic carbocycles. The Hall–Kier alpha value is -0.570. The predicted molar refractivity (Wildman–Crippen MR) is 57.9 cm³/mol. The van der Waals surface area contributed by atoms with Gasteiger partial charge in [-0.2, -0.15) is 0 Å². The Balaban J connectivity index is 2.29. The van der Waals surface area contributed by atoms with Crippen LogP contribution in [0.4, 0.5) is 0 Å². The molecule has 1 rings (SSSR count). The normalized spacial score (nSPS) is 19.6. The quantitative estimate of drug-likeness (QED) is 0.741. The highest BCUT2D eigenvalue weighted by Crippen LogP contribution is 2.24. The van der Waals surface area contributed by atoms with Gasteiger partial charge in [-0.15, -0.1) is 0 Å². The molecule has 1 aliphatic rings. The first-order valence-corrected chi connectivity index (χ1v) is 5.53. The monoisotopic (exact) mass is 198 g/mol. The minimum absolute atomic E-state index is 0.0820. The van der Waals surface area contributed by atoms with Crippen LogP contribution in [-0.4, -0.2) is 29.4 Å². The van der Waals surface area contributed by atoms with Crippen LogP contribution in [0.5, 0.6) is 0 Å². The zero-order chi connectivity index (χ0) is 10.8. The van der Waals surface area contributed by atoms with E-state index in [-0.39, 0.29) is 11.4 Å². The van der Waals surface area contributed by atoms with Crippen LogP contribution >= 0.6 is 0 Å². The molecule has 2 N–H and O–H groups in total. The molecule has 1 amide bonds. The summed E-state index contributed by atoms with van der Waals surface area (Å²) < 4.78 is 0. The molecule has 14 heavy (non-hydrogen) atoms. The van der Waals surface area contributed by atoms with Gasteiger partial charge in [0, 0.05) is 19.5 Å². The second-order valence-electron chi connectivity index (χ2n) is 4.96. The molecule has 0 radical (unpaired) electrons. The van der Waals surface area contributed by atoms with Gasteiger partial charge in [0.1, 0.15) is 0 Å². The highest BCUT2D eigenvalue weighted by atomic mass is 16.2. The minimum atomic E-state index is -0.0820. The molecular formula is C11H22N2O. The van der Waals surface area contributed by atoms with E-state index in [1.807, 2.05) is 4.90 Å². The molecule has 1 fully saturated rings. The van der Waals surface area contributed by atoms with Gasteiger partial charge in [-0.25, -0.2) is 0 Å². The number of hydrogen-bond acceptors (Lipinski definition) is 2. The van der Waals surface area contributed by atoms with E-state index >= 15 is 0 Å². The van der Waals surface area contributed by atoms with Gasteiger partial charge in [-0.05, 0) is 12.3 Å². The minimum Gasteiger partial charge on any atom is -0.339 e. The molecule has 1 saturated heterocycles. The number of carbonyl (C=O) groups is 1. The number of rotatable bonds is 4. The molecule has 0 saturated carbocycles. The lowest BCUT2D eigenvalue weighted by molar-refractivity contribution is -0.139. The molecule has 3 heteroatoms. The highest BCUT2D eigenvalue weighted by Gasteiger charge is 2.40. The molecule has 0 bridgehead atoms. The third kappa shape index (κ3) is 2.71. The molecular weight excluding hydrogens is 176 g/mol. The Kier molecular flexibility index (Phi) is 3.53. The molecule has 3 nitrogen and oxygen atoms in total. The average Bonchev–Trinajstić information content (AvgIpc) is 1.98. The standard InChI is InChI=1S/C11H22N2O/c1-4-5-11(12)7-13(8-11)10(14)6-9(2)3/h9H,4-8,12H2,1-3H3. The Labute approximate surface area is 86.6 Å². The predicted octanol–water partition coefficient (Wildman–Crippen LogP) is 1.37. The van der Waals surface area contributed by atoms with Crippen molar-refractivity contribution < 1.29 is 4.79 Å². The maximum Gasteiger partial charge on any atom is 0.222 e. The van der Waals surface area contributed by atoms with Gasteiger partial charge in [0.15, 0.2) is 0 Å². The van der Waals surface area contributed by atoms with Crippen LogP contribution in [0.25, 0.3) is 0 Å². The maximum absolute atomic E-state index is 11.6. The van der Waals surface area contributed by atoms with E-state index in [4.69, 9.17) is 5.73 Å². The van der Waals surface area contributed by atoms with Gasteiger partial charge < -0.3 is 10.6 Å². The molecule has 0 aromatic rings. The molecule has 82 valence electrons. The summed E-state index contributed by atoms with van der Waals surface area (Å²) >= 11 is 0. The molecule has 0 spiro atoms. The number of hydrogen-bond donors (Lipinski definition) is 1. The van der Waals surface area contributed by atoms with Crippen molar-refractivity contribution >= 4 is 5.91 Å². The molecule has 0 aromatic carbocycles. The number of likely N-dealkylation sites (tertiary alicyclic amines) is 1. The first kappa shape index (κ1) is 11.5. The molecule has 0 unspecified atom stereocenters. The molecule has 0 aromatic heterocycles. The smallest absolute Gasteiger partial charge is 0.222 e. The first-order valence-electron chi connectivity index (χ1n) is 5.53. The van der Waals surface area contributed by atoms with Crippen LogP contribution < -0.4 is 5.73 Å². The third-order valence-electron chi connectivity index (χ3n) is 2.69. The number of amides is 1. The number of nitrogens with two attached hydrogens (primary N) is 1. The topological polar surface area (TPSA) is 46.3 Å². The Morgan fingerprint density at radius 3 is 2.50 bits per heavy atom. The lowest BCUT2D eigenvalue weighted by atomic mass is 9.86. The van der Waals surface area contributed by atoms with Gasteiger partial charge in [0.05, 0.1) is 5.54 Å². The van der Waals surface area contributed by atoms with Gasteiger partial charge in [0.2, 0.25) is 5.91 Å². The lowest BCUT2D eigenvalue weighted by Gasteiger charge is -2.48. The summed E-state index contributed by atoms with van der Waals surface area (Å²) in [6.07, 6.45) is 2.78. The van der Waals surface area contributed by atoms with Crippen molar-refractivity contribution in [2.24, 2.45) is 11.7 Å². The summed E-state index contributed by atoms with van der Waals surface area (Å²) in [4.78, 5) is 13.5. The van der Waals surface area contributed by atoms with Crippen LogP contribution in [0.1, 0.15) is 40.0 Å². The maximum atomic E-state index is 11.6. The van der Waals surface area contributed by atoms with Gasteiger partial charge in [-0.1, -0.05) is 27.2 Å². The summed E-state index contributed by atoms with van der Waals surface area (Å²) in [7, 11) is 0. The highest BCUT2D eigenvalue weighted by molar-refractivity contribution is 5.77. The average molecular weight is 198 g/mol. The first-order chi connectivity index (χ1) is 6.47. The largest absolute Gasteiger partial charge is 0.339 e. The third-order valence-corrected chi connectivity index (χ3v) is 2.69. The zero-order valence-electron chi connectivity index (χ0n) is 9.55. The summed E-state index contributed by atoms with van der Waals surface area (Å²) in [5, 5.41) is 0. The Morgan fingerprint density at radius 1 is 1.50 bits per heavy atom. The summed E-state index contributed by atoms with van der Waals surface area (Å²) in [6, 6.07) is 0. The van der Waals surface area contributed by atoms with Crippen molar-refractivity contribution in [2.75, 3.05) is 13.1 Å². The van der Waals surface area contributed by atoms with E-state index in [0.717, 1.165) is 25.9 Å². The van der Waals surface area contributed by atoms with Crippen LogP contribution in [0.3, 0.4) is 0 Å². The summed E-state index contributed by atoms with van der Waals surface area (Å²) in [6.45, 7) is 7.78. The van der Waals surface area contributed by atoms with E-state index in [9.17, 15) is 4.79 Å². The Morgan fingerprint density at radius 2 is 2.07 bits per heavy atom. The van der Waals surface area contributed by atoms with Crippen molar-refractivity contribution in [3.05, 3.63) is 0 Å². The lowest BCUT2D eigenvalue weighted by Crippen LogP contribution is -2.68. The van der Waals surface area contributed by atoms with E-state index in [0.29, 0.717) is 12.3 Å². The fraction of sp³-hybridized carbons (Fsp3) is 0.909. The number of nitrogens with zero attached hydrogens (tertiary/aromatic N) is 1. The fourth-order valence-corrected chi connectivity index (χ4v) is 2.02. The second kappa shape index (κ2) is 4.30. The van der Waals surface area contributed by atoms with Crippen LogP contribution in [0.2, 0.25) is 0 Å². The molecule has 1 heterocycles. The fourth-order valence-electron chi connectivity index (χ4n) is 2.02. The number of carbonyl (C=O) groups excluding carboxylic acids is 1. The van der Waals surface area contributed by atoms with Gasteiger partial charge in [-0.3, -0.25) is 4.79 Å². The Bertz CT molecular complexity index is 207. The van der Waals surface area contributed by atoms with Crippen LogP contribution in [0.15, 0.2) is 0 Å². The summed E-state index contributed by atoms with van der Waals surface area (Å²) in [5.74, 6) is 0.707. The summed E-state index contributed by atoms with van der Waals surface area (Å²) in [5.41, 5.74) is 6.00.